The first-order valence-electron chi connectivity index (χ1n) is 9.12. The van der Waals surface area contributed by atoms with Crippen LogP contribution < -0.4 is 15.4 Å². The van der Waals surface area contributed by atoms with E-state index in [4.69, 9.17) is 4.74 Å². The zero-order chi connectivity index (χ0) is 19.8. The molecule has 28 heavy (non-hydrogen) atoms. The van der Waals surface area contributed by atoms with Crippen LogP contribution in [-0.4, -0.2) is 18.4 Å². The molecular formula is C23H22N2O3. The molecule has 3 aromatic carbocycles. The van der Waals surface area contributed by atoms with Gasteiger partial charge in [0, 0.05) is 11.3 Å². The summed E-state index contributed by atoms with van der Waals surface area (Å²) in [6, 6.07) is 23.6. The normalized spacial score (nSPS) is 10.2. The summed E-state index contributed by atoms with van der Waals surface area (Å²) in [5.41, 5.74) is 2.71. The monoisotopic (exact) mass is 374 g/mol. The van der Waals surface area contributed by atoms with Crippen LogP contribution in [0.4, 0.5) is 11.4 Å². The van der Waals surface area contributed by atoms with Crippen molar-refractivity contribution in [2.45, 2.75) is 13.3 Å². The number of hydrogen-bond acceptors (Lipinski definition) is 3. The van der Waals surface area contributed by atoms with Crippen molar-refractivity contribution in [1.82, 2.24) is 0 Å². The summed E-state index contributed by atoms with van der Waals surface area (Å²) in [5.74, 6) is 0.284. The van der Waals surface area contributed by atoms with Gasteiger partial charge in [-0.3, -0.25) is 9.59 Å². The molecule has 0 bridgehead atoms. The molecule has 142 valence electrons. The molecule has 0 saturated heterocycles. The van der Waals surface area contributed by atoms with Crippen LogP contribution in [0.1, 0.15) is 22.8 Å². The number of amides is 2. The average Bonchev–Trinajstić information content (AvgIpc) is 2.71. The number of nitrogens with one attached hydrogen (secondary N) is 2. The number of para-hydroxylation sites is 2. The lowest BCUT2D eigenvalue weighted by Crippen LogP contribution is -2.15. The third-order valence-electron chi connectivity index (χ3n) is 4.07. The summed E-state index contributed by atoms with van der Waals surface area (Å²) >= 11 is 0. The minimum absolute atomic E-state index is 0.103. The quantitative estimate of drug-likeness (QED) is 0.639. The summed E-state index contributed by atoms with van der Waals surface area (Å²) in [7, 11) is 0. The van der Waals surface area contributed by atoms with Crippen LogP contribution in [0.15, 0.2) is 78.9 Å². The molecule has 0 aromatic heterocycles. The highest BCUT2D eigenvalue weighted by atomic mass is 16.5. The topological polar surface area (TPSA) is 67.4 Å². The number of rotatable bonds is 7. The largest absolute Gasteiger partial charge is 0.492 e. The molecule has 0 atom stereocenters. The van der Waals surface area contributed by atoms with Gasteiger partial charge in [-0.2, -0.15) is 0 Å². The summed E-state index contributed by atoms with van der Waals surface area (Å²) in [4.78, 5) is 24.6. The van der Waals surface area contributed by atoms with Crippen LogP contribution in [0.25, 0.3) is 0 Å². The molecule has 5 nitrogen and oxygen atoms in total. The molecule has 0 heterocycles. The van der Waals surface area contributed by atoms with Crippen molar-refractivity contribution in [3.05, 3.63) is 90.0 Å². The highest BCUT2D eigenvalue weighted by Gasteiger charge is 2.10. The van der Waals surface area contributed by atoms with Gasteiger partial charge < -0.3 is 15.4 Å². The molecule has 0 aliphatic rings. The predicted octanol–water partition coefficient (Wildman–Crippen LogP) is 4.52. The van der Waals surface area contributed by atoms with E-state index < -0.39 is 0 Å². The fraction of sp³-hybridized carbons (Fsp3) is 0.130. The van der Waals surface area contributed by atoms with Gasteiger partial charge in [-0.25, -0.2) is 0 Å². The van der Waals surface area contributed by atoms with Crippen LogP contribution in [0.5, 0.6) is 5.75 Å². The van der Waals surface area contributed by atoms with Gasteiger partial charge in [-0.15, -0.1) is 0 Å². The van der Waals surface area contributed by atoms with Gasteiger partial charge in [-0.1, -0.05) is 42.5 Å². The minimum atomic E-state index is -0.241. The molecule has 0 fully saturated rings. The number of benzene rings is 3. The molecular weight excluding hydrogens is 352 g/mol. The van der Waals surface area contributed by atoms with Gasteiger partial charge in [0.1, 0.15) is 5.75 Å². The van der Waals surface area contributed by atoms with Crippen molar-refractivity contribution >= 4 is 23.2 Å². The van der Waals surface area contributed by atoms with Crippen molar-refractivity contribution < 1.29 is 14.3 Å². The zero-order valence-electron chi connectivity index (χ0n) is 15.6. The fourth-order valence-corrected chi connectivity index (χ4v) is 2.74. The third-order valence-corrected chi connectivity index (χ3v) is 4.07. The summed E-state index contributed by atoms with van der Waals surface area (Å²) in [6.45, 7) is 2.41. The summed E-state index contributed by atoms with van der Waals surface area (Å²) in [5, 5.41) is 5.69. The maximum Gasteiger partial charge on any atom is 0.255 e. The smallest absolute Gasteiger partial charge is 0.255 e. The Kier molecular flexibility index (Phi) is 6.41. The first-order valence-corrected chi connectivity index (χ1v) is 9.12. The second-order valence-electron chi connectivity index (χ2n) is 6.17. The third kappa shape index (κ3) is 5.20. The highest BCUT2D eigenvalue weighted by Crippen LogP contribution is 2.24. The van der Waals surface area contributed by atoms with Crippen molar-refractivity contribution in [3.63, 3.8) is 0 Å². The van der Waals surface area contributed by atoms with Crippen LogP contribution in [0.3, 0.4) is 0 Å². The van der Waals surface area contributed by atoms with Crippen LogP contribution in [0, 0.1) is 0 Å². The summed E-state index contributed by atoms with van der Waals surface area (Å²) in [6.07, 6.45) is 0.303. The molecule has 0 unspecified atom stereocenters. The minimum Gasteiger partial charge on any atom is -0.492 e. The SMILES string of the molecule is CCOc1ccccc1NC(=O)c1ccc(NC(=O)Cc2ccccc2)cc1. The molecule has 2 N–H and O–H groups in total. The van der Waals surface area contributed by atoms with E-state index in [0.717, 1.165) is 5.56 Å². The van der Waals surface area contributed by atoms with Crippen molar-refractivity contribution in [3.8, 4) is 5.75 Å². The maximum absolute atomic E-state index is 12.5. The molecule has 0 saturated carbocycles. The number of anilines is 2. The Labute approximate surface area is 164 Å². The van der Waals surface area contributed by atoms with Gasteiger partial charge in [-0.05, 0) is 48.9 Å². The van der Waals surface area contributed by atoms with E-state index in [2.05, 4.69) is 10.6 Å². The number of ether oxygens (including phenoxy) is 1. The second kappa shape index (κ2) is 9.37. The average molecular weight is 374 g/mol. The Hall–Kier alpha value is -3.60. The molecule has 0 aliphatic carbocycles. The van der Waals surface area contributed by atoms with Crippen molar-refractivity contribution in [1.29, 1.82) is 0 Å². The molecule has 0 spiro atoms. The Balaban J connectivity index is 1.61. The van der Waals surface area contributed by atoms with Crippen LogP contribution in [-0.2, 0) is 11.2 Å². The van der Waals surface area contributed by atoms with E-state index in [1.807, 2.05) is 55.5 Å². The lowest BCUT2D eigenvalue weighted by Gasteiger charge is -2.11. The van der Waals surface area contributed by atoms with Gasteiger partial charge in [0.15, 0.2) is 0 Å². The molecule has 2 amide bonds. The standard InChI is InChI=1S/C23H22N2O3/c1-2-28-21-11-7-6-10-20(21)25-23(27)18-12-14-19(15-13-18)24-22(26)16-17-8-4-3-5-9-17/h3-15H,2,16H2,1H3,(H,24,26)(H,25,27). The Bertz CT molecular complexity index is 938. The fourth-order valence-electron chi connectivity index (χ4n) is 2.74. The predicted molar refractivity (Wildman–Crippen MR) is 111 cm³/mol. The molecule has 0 aliphatic heterocycles. The lowest BCUT2D eigenvalue weighted by molar-refractivity contribution is -0.115. The second-order valence-corrected chi connectivity index (χ2v) is 6.17. The van der Waals surface area contributed by atoms with Gasteiger partial charge in [0.05, 0.1) is 18.7 Å². The first-order chi connectivity index (χ1) is 13.7. The van der Waals surface area contributed by atoms with E-state index >= 15 is 0 Å². The first kappa shape index (κ1) is 19.2. The van der Waals surface area contributed by atoms with E-state index in [0.29, 0.717) is 35.7 Å². The van der Waals surface area contributed by atoms with E-state index in [9.17, 15) is 9.59 Å². The Morgan fingerprint density at radius 3 is 2.21 bits per heavy atom. The van der Waals surface area contributed by atoms with E-state index in [1.165, 1.54) is 0 Å². The molecule has 0 radical (unpaired) electrons. The number of carbonyl (C=O) groups excluding carboxylic acids is 2. The van der Waals surface area contributed by atoms with Crippen molar-refractivity contribution in [2.24, 2.45) is 0 Å². The molecule has 5 heteroatoms. The van der Waals surface area contributed by atoms with E-state index in [-0.39, 0.29) is 11.8 Å². The summed E-state index contributed by atoms with van der Waals surface area (Å²) < 4.78 is 5.52. The van der Waals surface area contributed by atoms with Crippen LogP contribution in [0.2, 0.25) is 0 Å². The van der Waals surface area contributed by atoms with Gasteiger partial charge >= 0.3 is 0 Å². The Morgan fingerprint density at radius 1 is 0.821 bits per heavy atom. The van der Waals surface area contributed by atoms with Crippen LogP contribution >= 0.6 is 0 Å². The lowest BCUT2D eigenvalue weighted by atomic mass is 10.1. The van der Waals surface area contributed by atoms with Crippen molar-refractivity contribution in [2.75, 3.05) is 17.2 Å². The maximum atomic E-state index is 12.5. The van der Waals surface area contributed by atoms with E-state index in [1.54, 1.807) is 30.3 Å². The number of hydrogen-bond donors (Lipinski definition) is 2. The zero-order valence-corrected chi connectivity index (χ0v) is 15.6. The molecule has 3 aromatic rings. The molecule has 3 rings (SSSR count). The van der Waals surface area contributed by atoms with Gasteiger partial charge in [0.25, 0.3) is 5.91 Å². The Morgan fingerprint density at radius 2 is 1.50 bits per heavy atom. The number of carbonyl (C=O) groups is 2. The highest BCUT2D eigenvalue weighted by molar-refractivity contribution is 6.05. The van der Waals surface area contributed by atoms with Gasteiger partial charge in [0.2, 0.25) is 5.91 Å².